The molecule has 0 aliphatic heterocycles. The number of ether oxygens (including phenoxy) is 2. The maximum atomic E-state index is 11.0. The summed E-state index contributed by atoms with van der Waals surface area (Å²) >= 11 is 0. The number of Topliss-reactive ketones (excluding diaryl/α,β-unsaturated/α-hetero) is 2. The Balaban J connectivity index is 3.53. The van der Waals surface area contributed by atoms with Crippen LogP contribution in [0.5, 0.6) is 0 Å². The fourth-order valence-corrected chi connectivity index (χ4v) is 0.862. The van der Waals surface area contributed by atoms with Gasteiger partial charge in [-0.25, -0.2) is 0 Å². The highest BCUT2D eigenvalue weighted by atomic mass is 16.5. The van der Waals surface area contributed by atoms with E-state index in [1.54, 1.807) is 0 Å². The molecule has 0 unspecified atom stereocenters. The number of carbonyl (C=O) groups is 3. The van der Waals surface area contributed by atoms with E-state index in [4.69, 9.17) is 4.74 Å². The lowest BCUT2D eigenvalue weighted by atomic mass is 10.2. The zero-order valence-corrected chi connectivity index (χ0v) is 9.08. The van der Waals surface area contributed by atoms with E-state index in [1.165, 1.54) is 6.92 Å². The average molecular weight is 216 g/mol. The number of esters is 1. The van der Waals surface area contributed by atoms with Gasteiger partial charge in [0.25, 0.3) is 0 Å². The molecule has 0 bridgehead atoms. The number of hydrogen-bond acceptors (Lipinski definition) is 5. The first-order valence-electron chi connectivity index (χ1n) is 4.80. The predicted molar refractivity (Wildman–Crippen MR) is 52.4 cm³/mol. The van der Waals surface area contributed by atoms with Gasteiger partial charge >= 0.3 is 5.97 Å². The van der Waals surface area contributed by atoms with E-state index in [1.807, 2.05) is 6.92 Å². The van der Waals surface area contributed by atoms with Crippen molar-refractivity contribution in [2.45, 2.75) is 26.7 Å². The van der Waals surface area contributed by atoms with Gasteiger partial charge < -0.3 is 9.47 Å². The van der Waals surface area contributed by atoms with Crippen LogP contribution in [0.15, 0.2) is 0 Å². The van der Waals surface area contributed by atoms with Gasteiger partial charge in [-0.05, 0) is 13.8 Å². The molecule has 0 aromatic heterocycles. The van der Waals surface area contributed by atoms with Crippen molar-refractivity contribution in [1.82, 2.24) is 0 Å². The van der Waals surface area contributed by atoms with Gasteiger partial charge in [0, 0.05) is 6.61 Å². The lowest BCUT2D eigenvalue weighted by Gasteiger charge is -2.03. The molecule has 0 spiro atoms. The van der Waals surface area contributed by atoms with E-state index in [2.05, 4.69) is 4.74 Å². The first kappa shape index (κ1) is 13.8. The van der Waals surface area contributed by atoms with E-state index in [0.717, 1.165) is 0 Å². The quantitative estimate of drug-likeness (QED) is 0.336. The Morgan fingerprint density at radius 1 is 1.20 bits per heavy atom. The Morgan fingerprint density at radius 2 is 1.87 bits per heavy atom. The van der Waals surface area contributed by atoms with Gasteiger partial charge in [-0.15, -0.1) is 0 Å². The third-order valence-electron chi connectivity index (χ3n) is 1.49. The fraction of sp³-hybridized carbons (Fsp3) is 0.700. The molecule has 0 radical (unpaired) electrons. The summed E-state index contributed by atoms with van der Waals surface area (Å²) in [7, 11) is 0. The minimum Gasteiger partial charge on any atom is -0.458 e. The molecule has 0 saturated carbocycles. The minimum atomic E-state index is -0.486. The highest BCUT2D eigenvalue weighted by Crippen LogP contribution is 1.91. The second-order valence-corrected chi connectivity index (χ2v) is 3.03. The van der Waals surface area contributed by atoms with Crippen LogP contribution in [-0.4, -0.2) is 37.4 Å². The van der Waals surface area contributed by atoms with E-state index >= 15 is 0 Å². The van der Waals surface area contributed by atoms with Crippen LogP contribution in [0.4, 0.5) is 0 Å². The molecule has 5 nitrogen and oxygen atoms in total. The summed E-state index contributed by atoms with van der Waals surface area (Å²) in [6.07, 6.45) is -0.0556. The normalized spacial score (nSPS) is 9.73. The Labute approximate surface area is 88.7 Å². The molecule has 0 heterocycles. The van der Waals surface area contributed by atoms with Gasteiger partial charge in [-0.3, -0.25) is 14.4 Å². The fourth-order valence-electron chi connectivity index (χ4n) is 0.862. The van der Waals surface area contributed by atoms with Gasteiger partial charge in [-0.2, -0.15) is 0 Å². The van der Waals surface area contributed by atoms with Gasteiger partial charge in [0.1, 0.15) is 12.4 Å². The molecule has 0 fully saturated rings. The van der Waals surface area contributed by atoms with E-state index in [0.29, 0.717) is 6.61 Å². The summed E-state index contributed by atoms with van der Waals surface area (Å²) in [6.45, 7) is 3.63. The Bertz CT molecular complexity index is 234. The zero-order valence-electron chi connectivity index (χ0n) is 9.08. The summed E-state index contributed by atoms with van der Waals surface area (Å²) in [5, 5.41) is 0. The van der Waals surface area contributed by atoms with Crippen LogP contribution in [-0.2, 0) is 23.9 Å². The van der Waals surface area contributed by atoms with Crippen LogP contribution >= 0.6 is 0 Å². The van der Waals surface area contributed by atoms with Gasteiger partial charge in [-0.1, -0.05) is 0 Å². The molecule has 0 N–H and O–H groups in total. The van der Waals surface area contributed by atoms with Crippen molar-refractivity contribution >= 4 is 17.5 Å². The van der Waals surface area contributed by atoms with Crippen molar-refractivity contribution in [3.63, 3.8) is 0 Å². The van der Waals surface area contributed by atoms with Crippen LogP contribution in [0.3, 0.4) is 0 Å². The Kier molecular flexibility index (Phi) is 7.44. The summed E-state index contributed by atoms with van der Waals surface area (Å²) in [5.74, 6) is -1.10. The number of carbonyl (C=O) groups excluding carboxylic acids is 3. The maximum Gasteiger partial charge on any atom is 0.308 e. The molecule has 5 heteroatoms. The maximum absolute atomic E-state index is 11.0. The van der Waals surface area contributed by atoms with Crippen molar-refractivity contribution in [2.24, 2.45) is 0 Å². The Morgan fingerprint density at radius 3 is 2.40 bits per heavy atom. The van der Waals surface area contributed by atoms with Crippen LogP contribution < -0.4 is 0 Å². The molecule has 0 atom stereocenters. The van der Waals surface area contributed by atoms with Gasteiger partial charge in [0.2, 0.25) is 0 Å². The van der Waals surface area contributed by atoms with Crippen LogP contribution in [0.2, 0.25) is 0 Å². The summed E-state index contributed by atoms with van der Waals surface area (Å²) in [5.41, 5.74) is 0. The van der Waals surface area contributed by atoms with Crippen molar-refractivity contribution in [3.05, 3.63) is 0 Å². The molecular weight excluding hydrogens is 200 g/mol. The van der Waals surface area contributed by atoms with E-state index < -0.39 is 5.97 Å². The number of hydrogen-bond donors (Lipinski definition) is 0. The van der Waals surface area contributed by atoms with Crippen LogP contribution in [0.25, 0.3) is 0 Å². The third-order valence-corrected chi connectivity index (χ3v) is 1.49. The van der Waals surface area contributed by atoms with Crippen molar-refractivity contribution in [2.75, 3.05) is 19.8 Å². The van der Waals surface area contributed by atoms with E-state index in [9.17, 15) is 14.4 Å². The average Bonchev–Trinajstić information content (AvgIpc) is 2.14. The highest BCUT2D eigenvalue weighted by molar-refractivity contribution is 5.99. The van der Waals surface area contributed by atoms with Crippen LogP contribution in [0.1, 0.15) is 26.7 Å². The first-order valence-corrected chi connectivity index (χ1v) is 4.80. The van der Waals surface area contributed by atoms with E-state index in [-0.39, 0.29) is 37.6 Å². The lowest BCUT2D eigenvalue weighted by Crippen LogP contribution is -2.16. The minimum absolute atomic E-state index is 0.126. The molecule has 15 heavy (non-hydrogen) atoms. The molecule has 0 rings (SSSR count). The smallest absolute Gasteiger partial charge is 0.308 e. The summed E-state index contributed by atoms with van der Waals surface area (Å²) < 4.78 is 9.57. The first-order chi connectivity index (χ1) is 7.06. The molecule has 0 amide bonds. The van der Waals surface area contributed by atoms with Gasteiger partial charge in [0.05, 0.1) is 19.4 Å². The second-order valence-electron chi connectivity index (χ2n) is 3.03. The molecule has 0 saturated heterocycles. The predicted octanol–water partition coefficient (Wildman–Crippen LogP) is 0.504. The van der Waals surface area contributed by atoms with Crippen molar-refractivity contribution in [3.8, 4) is 0 Å². The third kappa shape index (κ3) is 9.08. The topological polar surface area (TPSA) is 69.7 Å². The zero-order chi connectivity index (χ0) is 11.7. The van der Waals surface area contributed by atoms with Gasteiger partial charge in [0.15, 0.2) is 5.78 Å². The SMILES string of the molecule is CCOCCC(=O)OCC(=O)CC(C)=O. The second kappa shape index (κ2) is 8.11. The molecule has 86 valence electrons. The molecule has 0 aromatic carbocycles. The lowest BCUT2D eigenvalue weighted by molar-refractivity contribution is -0.149. The molecule has 0 aromatic rings. The Hall–Kier alpha value is -1.23. The molecule has 0 aliphatic rings. The molecule has 0 aliphatic carbocycles. The summed E-state index contributed by atoms with van der Waals surface area (Å²) in [4.78, 5) is 32.5. The largest absolute Gasteiger partial charge is 0.458 e. The number of rotatable bonds is 8. The van der Waals surface area contributed by atoms with Crippen molar-refractivity contribution in [1.29, 1.82) is 0 Å². The highest BCUT2D eigenvalue weighted by Gasteiger charge is 2.09. The summed E-state index contributed by atoms with van der Waals surface area (Å²) in [6, 6.07) is 0. The number of ketones is 2. The molecular formula is C10H16O5. The van der Waals surface area contributed by atoms with Crippen molar-refractivity contribution < 1.29 is 23.9 Å². The monoisotopic (exact) mass is 216 g/mol. The van der Waals surface area contributed by atoms with Crippen LogP contribution in [0, 0.1) is 0 Å². The standard InChI is InChI=1S/C10H16O5/c1-3-14-5-4-10(13)15-7-9(12)6-8(2)11/h3-7H2,1-2H3.